The summed E-state index contributed by atoms with van der Waals surface area (Å²) in [5.41, 5.74) is 2.91. The van der Waals surface area contributed by atoms with Crippen LogP contribution in [0.25, 0.3) is 0 Å². The highest BCUT2D eigenvalue weighted by molar-refractivity contribution is 14.0. The van der Waals surface area contributed by atoms with Crippen LogP contribution < -0.4 is 10.6 Å². The summed E-state index contributed by atoms with van der Waals surface area (Å²) in [6.07, 6.45) is 7.36. The van der Waals surface area contributed by atoms with Crippen LogP contribution in [0, 0.1) is 6.92 Å². The summed E-state index contributed by atoms with van der Waals surface area (Å²) >= 11 is 0. The molecule has 0 aliphatic heterocycles. The molecule has 1 heterocycles. The molecule has 1 fully saturated rings. The molecule has 1 aliphatic rings. The molecule has 1 aliphatic carbocycles. The largest absolute Gasteiger partial charge is 0.356 e. The van der Waals surface area contributed by atoms with Crippen molar-refractivity contribution < 1.29 is 0 Å². The fourth-order valence-electron chi connectivity index (χ4n) is 3.83. The molecule has 6 nitrogen and oxygen atoms in total. The first-order valence-corrected chi connectivity index (χ1v) is 11.3. The second kappa shape index (κ2) is 11.8. The van der Waals surface area contributed by atoms with Crippen LogP contribution in [0.4, 0.5) is 0 Å². The summed E-state index contributed by atoms with van der Waals surface area (Å²) in [4.78, 5) is 4.81. The van der Waals surface area contributed by atoms with Gasteiger partial charge in [0.25, 0.3) is 0 Å². The van der Waals surface area contributed by atoms with Gasteiger partial charge in [-0.3, -0.25) is 0 Å². The van der Waals surface area contributed by atoms with Crippen LogP contribution in [0.15, 0.2) is 29.3 Å². The summed E-state index contributed by atoms with van der Waals surface area (Å²) in [5.74, 6) is 2.68. The molecule has 0 atom stereocenters. The second-order valence-corrected chi connectivity index (χ2v) is 9.49. The Hall–Kier alpha value is -1.64. The van der Waals surface area contributed by atoms with E-state index in [9.17, 15) is 0 Å². The Kier molecular flexibility index (Phi) is 9.78. The van der Waals surface area contributed by atoms with Crippen LogP contribution in [-0.4, -0.2) is 33.3 Å². The molecule has 1 aromatic carbocycles. The predicted octanol–water partition coefficient (Wildman–Crippen LogP) is 4.65. The summed E-state index contributed by atoms with van der Waals surface area (Å²) in [7, 11) is 1.99. The number of benzene rings is 1. The van der Waals surface area contributed by atoms with E-state index in [1.807, 2.05) is 18.5 Å². The average molecular weight is 539 g/mol. The average Bonchev–Trinajstić information content (AvgIpc) is 3.04. The Morgan fingerprint density at radius 3 is 2.35 bits per heavy atom. The van der Waals surface area contributed by atoms with Gasteiger partial charge in [0, 0.05) is 19.6 Å². The quantitative estimate of drug-likeness (QED) is 0.319. The van der Waals surface area contributed by atoms with E-state index in [1.54, 1.807) is 0 Å². The molecule has 0 saturated heterocycles. The van der Waals surface area contributed by atoms with Gasteiger partial charge in [0.2, 0.25) is 0 Å². The number of nitrogens with one attached hydrogen (secondary N) is 2. The summed E-state index contributed by atoms with van der Waals surface area (Å²) in [6, 6.07) is 9.51. The first-order chi connectivity index (χ1) is 14.3. The van der Waals surface area contributed by atoms with Gasteiger partial charge in [-0.05, 0) is 42.7 Å². The normalized spacial score (nSPS) is 15.5. The van der Waals surface area contributed by atoms with Crippen LogP contribution in [0.1, 0.15) is 75.7 Å². The van der Waals surface area contributed by atoms with Gasteiger partial charge in [-0.1, -0.05) is 64.3 Å². The van der Waals surface area contributed by atoms with Crippen molar-refractivity contribution in [2.45, 2.75) is 84.2 Å². The summed E-state index contributed by atoms with van der Waals surface area (Å²) in [5, 5.41) is 15.6. The zero-order chi connectivity index (χ0) is 21.6. The van der Waals surface area contributed by atoms with Gasteiger partial charge < -0.3 is 15.2 Å². The van der Waals surface area contributed by atoms with E-state index in [-0.39, 0.29) is 29.4 Å². The minimum atomic E-state index is 0. The number of aliphatic imine (C=N–C) groups is 1. The molecule has 31 heavy (non-hydrogen) atoms. The van der Waals surface area contributed by atoms with Crippen LogP contribution in [0.2, 0.25) is 0 Å². The van der Waals surface area contributed by atoms with Gasteiger partial charge in [-0.25, -0.2) is 4.99 Å². The Bertz CT molecular complexity index is 829. The van der Waals surface area contributed by atoms with E-state index < -0.39 is 0 Å². The van der Waals surface area contributed by atoms with Crippen LogP contribution in [0.5, 0.6) is 0 Å². The number of hydrogen-bond donors (Lipinski definition) is 2. The van der Waals surface area contributed by atoms with Crippen molar-refractivity contribution in [3.05, 3.63) is 47.0 Å². The van der Waals surface area contributed by atoms with Gasteiger partial charge >= 0.3 is 0 Å². The van der Waals surface area contributed by atoms with Crippen molar-refractivity contribution in [3.63, 3.8) is 0 Å². The highest BCUT2D eigenvalue weighted by Gasteiger charge is 2.15. The number of aromatic nitrogens is 3. The Labute approximate surface area is 204 Å². The number of aryl methyl sites for hydroxylation is 1. The summed E-state index contributed by atoms with van der Waals surface area (Å²) < 4.78 is 2.00. The molecule has 0 bridgehead atoms. The van der Waals surface area contributed by atoms with Crippen LogP contribution >= 0.6 is 24.0 Å². The van der Waals surface area contributed by atoms with E-state index in [0.29, 0.717) is 12.6 Å². The summed E-state index contributed by atoms with van der Waals surface area (Å²) in [6.45, 7) is 10.1. The second-order valence-electron chi connectivity index (χ2n) is 9.49. The van der Waals surface area contributed by atoms with Gasteiger partial charge in [0.1, 0.15) is 12.4 Å². The van der Waals surface area contributed by atoms with Crippen molar-refractivity contribution in [1.82, 2.24) is 25.4 Å². The smallest absolute Gasteiger partial charge is 0.191 e. The van der Waals surface area contributed by atoms with Crippen molar-refractivity contribution >= 4 is 29.9 Å². The molecule has 0 spiro atoms. The molecule has 1 saturated carbocycles. The molecule has 2 N–H and O–H groups in total. The molecule has 0 unspecified atom stereocenters. The SMILES string of the molecule is Cc1nnc(CN=C(NCCc2ccc(C(C)(C)C)cc2)NC2CCCCC2)n1C.I. The van der Waals surface area contributed by atoms with Crippen molar-refractivity contribution in [1.29, 1.82) is 0 Å². The molecule has 172 valence electrons. The molecular formula is C24H39IN6. The van der Waals surface area contributed by atoms with Crippen LogP contribution in [0.3, 0.4) is 0 Å². The molecule has 2 aromatic rings. The highest BCUT2D eigenvalue weighted by atomic mass is 127. The standard InChI is InChI=1S/C24H38N6.HI/c1-18-28-29-22(30(18)5)17-26-23(27-21-9-7-6-8-10-21)25-16-15-19-11-13-20(14-12-19)24(2,3)4;/h11-14,21H,6-10,15-17H2,1-5H3,(H2,25,26,27);1H. The highest BCUT2D eigenvalue weighted by Crippen LogP contribution is 2.22. The minimum Gasteiger partial charge on any atom is -0.356 e. The maximum Gasteiger partial charge on any atom is 0.191 e. The van der Waals surface area contributed by atoms with E-state index in [2.05, 4.69) is 65.9 Å². The maximum atomic E-state index is 4.81. The fourth-order valence-corrected chi connectivity index (χ4v) is 3.83. The van der Waals surface area contributed by atoms with Crippen molar-refractivity contribution in [2.75, 3.05) is 6.54 Å². The van der Waals surface area contributed by atoms with Crippen molar-refractivity contribution in [2.24, 2.45) is 12.0 Å². The van der Waals surface area contributed by atoms with Gasteiger partial charge in [0.15, 0.2) is 11.8 Å². The van der Waals surface area contributed by atoms with E-state index in [1.165, 1.54) is 43.2 Å². The van der Waals surface area contributed by atoms with Gasteiger partial charge in [0.05, 0.1) is 0 Å². The van der Waals surface area contributed by atoms with E-state index >= 15 is 0 Å². The van der Waals surface area contributed by atoms with E-state index in [0.717, 1.165) is 30.6 Å². The third kappa shape index (κ3) is 7.77. The number of hydrogen-bond acceptors (Lipinski definition) is 3. The molecule has 1 aromatic heterocycles. The molecule has 0 radical (unpaired) electrons. The lowest BCUT2D eigenvalue weighted by Crippen LogP contribution is -2.44. The number of rotatable bonds is 6. The number of nitrogens with zero attached hydrogens (tertiary/aromatic N) is 4. The molecular weight excluding hydrogens is 499 g/mol. The lowest BCUT2D eigenvalue weighted by atomic mass is 9.86. The lowest BCUT2D eigenvalue weighted by Gasteiger charge is -2.25. The molecule has 7 heteroatoms. The van der Waals surface area contributed by atoms with Gasteiger partial charge in [-0.2, -0.15) is 0 Å². The minimum absolute atomic E-state index is 0. The monoisotopic (exact) mass is 538 g/mol. The fraction of sp³-hybridized carbons (Fsp3) is 0.625. The Balaban J connectivity index is 0.00000341. The number of halogens is 1. The predicted molar refractivity (Wildman–Crippen MR) is 139 cm³/mol. The third-order valence-electron chi connectivity index (χ3n) is 6.03. The number of guanidine groups is 1. The Morgan fingerprint density at radius 1 is 1.10 bits per heavy atom. The van der Waals surface area contributed by atoms with Crippen LogP contribution in [-0.2, 0) is 25.4 Å². The zero-order valence-electron chi connectivity index (χ0n) is 19.7. The molecule has 0 amide bonds. The first kappa shape index (κ1) is 25.6. The van der Waals surface area contributed by atoms with Crippen molar-refractivity contribution in [3.8, 4) is 0 Å². The lowest BCUT2D eigenvalue weighted by molar-refractivity contribution is 0.410. The zero-order valence-corrected chi connectivity index (χ0v) is 22.1. The first-order valence-electron chi connectivity index (χ1n) is 11.3. The topological polar surface area (TPSA) is 67.1 Å². The Morgan fingerprint density at radius 2 is 1.77 bits per heavy atom. The van der Waals surface area contributed by atoms with Gasteiger partial charge in [-0.15, -0.1) is 34.2 Å². The van der Waals surface area contributed by atoms with E-state index in [4.69, 9.17) is 4.99 Å². The third-order valence-corrected chi connectivity index (χ3v) is 6.03. The molecule has 3 rings (SSSR count). The maximum absolute atomic E-state index is 4.81.